The highest BCUT2D eigenvalue weighted by molar-refractivity contribution is 6.03. The van der Waals surface area contributed by atoms with Crippen molar-refractivity contribution in [2.24, 2.45) is 5.10 Å². The molecule has 186 valence electrons. The van der Waals surface area contributed by atoms with Crippen molar-refractivity contribution in [3.63, 3.8) is 0 Å². The monoisotopic (exact) mass is 488 g/mol. The van der Waals surface area contributed by atoms with Crippen molar-refractivity contribution in [1.82, 2.24) is 9.91 Å². The van der Waals surface area contributed by atoms with Crippen LogP contribution >= 0.6 is 0 Å². The summed E-state index contributed by atoms with van der Waals surface area (Å²) >= 11 is 0. The second kappa shape index (κ2) is 10.2. The van der Waals surface area contributed by atoms with Crippen molar-refractivity contribution in [3.8, 4) is 0 Å². The molecule has 1 fully saturated rings. The van der Waals surface area contributed by atoms with Gasteiger partial charge in [-0.1, -0.05) is 36.4 Å². The van der Waals surface area contributed by atoms with Gasteiger partial charge in [-0.25, -0.2) is 13.8 Å². The minimum absolute atomic E-state index is 0.123. The fourth-order valence-electron chi connectivity index (χ4n) is 4.93. The van der Waals surface area contributed by atoms with Gasteiger partial charge in [0, 0.05) is 32.6 Å². The van der Waals surface area contributed by atoms with Gasteiger partial charge in [0.15, 0.2) is 0 Å². The Morgan fingerprint density at radius 2 is 1.69 bits per heavy atom. The number of benzene rings is 3. The van der Waals surface area contributed by atoms with Gasteiger partial charge in [0.25, 0.3) is 5.91 Å². The molecule has 7 heteroatoms. The van der Waals surface area contributed by atoms with Crippen molar-refractivity contribution in [2.75, 3.05) is 37.6 Å². The summed E-state index contributed by atoms with van der Waals surface area (Å²) in [6.45, 7) is 6.89. The number of nitrogens with zero attached hydrogens (tertiary/aromatic N) is 4. The highest BCUT2D eigenvalue weighted by atomic mass is 19.1. The number of hydrogen-bond donors (Lipinski definition) is 0. The van der Waals surface area contributed by atoms with E-state index in [2.05, 4.69) is 30.9 Å². The standard InChI is InChI=1S/C29H30F2N4O/c1-20-10-11-22(16-21(20)2)26-18-28(23-6-5-7-24(30)17-23)35(32-26)29(36)19-33-12-14-34(15-13-33)27-9-4-3-8-25(27)31/h3-11,16-17,28H,12-15,18-19H2,1-2H3. The third kappa shape index (κ3) is 5.02. The van der Waals surface area contributed by atoms with E-state index in [0.29, 0.717) is 38.3 Å². The first-order valence-electron chi connectivity index (χ1n) is 12.3. The normalized spacial score (nSPS) is 18.4. The molecular formula is C29H30F2N4O. The quantitative estimate of drug-likeness (QED) is 0.503. The van der Waals surface area contributed by atoms with Crippen LogP contribution in [0.5, 0.6) is 0 Å². The van der Waals surface area contributed by atoms with Crippen LogP contribution in [-0.4, -0.2) is 54.3 Å². The number of para-hydroxylation sites is 1. The van der Waals surface area contributed by atoms with E-state index in [4.69, 9.17) is 5.10 Å². The van der Waals surface area contributed by atoms with E-state index in [1.54, 1.807) is 18.2 Å². The molecular weight excluding hydrogens is 458 g/mol. The number of carbonyl (C=O) groups excluding carboxylic acids is 1. The lowest BCUT2D eigenvalue weighted by Crippen LogP contribution is -2.49. The van der Waals surface area contributed by atoms with Crippen molar-refractivity contribution >= 4 is 17.3 Å². The second-order valence-corrected chi connectivity index (χ2v) is 9.57. The number of halogens is 2. The number of hydrazone groups is 1. The number of piperazine rings is 1. The van der Waals surface area contributed by atoms with E-state index < -0.39 is 0 Å². The molecule has 36 heavy (non-hydrogen) atoms. The maximum atomic E-state index is 14.2. The Morgan fingerprint density at radius 3 is 2.42 bits per heavy atom. The summed E-state index contributed by atoms with van der Waals surface area (Å²) in [5.74, 6) is -0.684. The van der Waals surface area contributed by atoms with Gasteiger partial charge < -0.3 is 4.90 Å². The van der Waals surface area contributed by atoms with Gasteiger partial charge >= 0.3 is 0 Å². The molecule has 2 aliphatic rings. The molecule has 1 amide bonds. The number of carbonyl (C=O) groups is 1. The Hall–Kier alpha value is -3.58. The predicted octanol–water partition coefficient (Wildman–Crippen LogP) is 5.08. The number of hydrogen-bond acceptors (Lipinski definition) is 4. The Balaban J connectivity index is 1.33. The number of aryl methyl sites for hydroxylation is 2. The fraction of sp³-hybridized carbons (Fsp3) is 0.310. The third-order valence-corrected chi connectivity index (χ3v) is 7.16. The van der Waals surface area contributed by atoms with Crippen LogP contribution in [0.2, 0.25) is 0 Å². The molecule has 5 rings (SSSR count). The zero-order valence-electron chi connectivity index (χ0n) is 20.6. The maximum absolute atomic E-state index is 14.2. The van der Waals surface area contributed by atoms with Gasteiger partial charge in [0.05, 0.1) is 24.0 Å². The van der Waals surface area contributed by atoms with Gasteiger partial charge in [-0.15, -0.1) is 0 Å². The molecule has 2 heterocycles. The molecule has 2 aliphatic heterocycles. The molecule has 3 aromatic rings. The Labute approximate surface area is 210 Å². The minimum Gasteiger partial charge on any atom is -0.367 e. The fourth-order valence-corrected chi connectivity index (χ4v) is 4.93. The molecule has 1 unspecified atom stereocenters. The van der Waals surface area contributed by atoms with Crippen LogP contribution in [0.3, 0.4) is 0 Å². The smallest absolute Gasteiger partial charge is 0.257 e. The van der Waals surface area contributed by atoms with Crippen molar-refractivity contribution in [2.45, 2.75) is 26.3 Å². The van der Waals surface area contributed by atoms with Gasteiger partial charge in [0.1, 0.15) is 11.6 Å². The number of anilines is 1. The summed E-state index contributed by atoms with van der Waals surface area (Å²) in [6.07, 6.45) is 0.527. The van der Waals surface area contributed by atoms with Gasteiger partial charge in [-0.05, 0) is 66.4 Å². The first kappa shape index (κ1) is 24.1. The average molecular weight is 489 g/mol. The lowest BCUT2D eigenvalue weighted by atomic mass is 9.96. The van der Waals surface area contributed by atoms with E-state index in [-0.39, 0.29) is 30.1 Å². The lowest BCUT2D eigenvalue weighted by Gasteiger charge is -2.36. The van der Waals surface area contributed by atoms with E-state index in [0.717, 1.165) is 22.4 Å². The molecule has 0 N–H and O–H groups in total. The van der Waals surface area contributed by atoms with Crippen LogP contribution in [0.25, 0.3) is 0 Å². The Kier molecular flexibility index (Phi) is 6.83. The number of amides is 1. The van der Waals surface area contributed by atoms with E-state index in [9.17, 15) is 13.6 Å². The second-order valence-electron chi connectivity index (χ2n) is 9.57. The van der Waals surface area contributed by atoms with Crippen LogP contribution < -0.4 is 4.90 Å². The van der Waals surface area contributed by atoms with E-state index in [1.165, 1.54) is 28.8 Å². The highest BCUT2D eigenvalue weighted by Crippen LogP contribution is 2.33. The summed E-state index contributed by atoms with van der Waals surface area (Å²) in [7, 11) is 0. The van der Waals surface area contributed by atoms with Gasteiger partial charge in [-0.3, -0.25) is 9.69 Å². The molecule has 0 spiro atoms. The minimum atomic E-state index is -0.357. The largest absolute Gasteiger partial charge is 0.367 e. The molecule has 3 aromatic carbocycles. The lowest BCUT2D eigenvalue weighted by molar-refractivity contribution is -0.134. The average Bonchev–Trinajstić information content (AvgIpc) is 3.32. The molecule has 0 saturated carbocycles. The van der Waals surface area contributed by atoms with Crippen LogP contribution in [0.1, 0.15) is 34.7 Å². The van der Waals surface area contributed by atoms with Gasteiger partial charge in [0.2, 0.25) is 0 Å². The van der Waals surface area contributed by atoms with E-state index >= 15 is 0 Å². The van der Waals surface area contributed by atoms with Crippen LogP contribution in [-0.2, 0) is 4.79 Å². The zero-order valence-corrected chi connectivity index (χ0v) is 20.6. The molecule has 0 aromatic heterocycles. The summed E-state index contributed by atoms with van der Waals surface area (Å²) in [4.78, 5) is 17.6. The summed E-state index contributed by atoms with van der Waals surface area (Å²) in [5.41, 5.74) is 5.49. The van der Waals surface area contributed by atoms with Crippen LogP contribution in [0.15, 0.2) is 71.8 Å². The maximum Gasteiger partial charge on any atom is 0.257 e. The Bertz CT molecular complexity index is 1300. The zero-order chi connectivity index (χ0) is 25.2. The van der Waals surface area contributed by atoms with Crippen molar-refractivity contribution in [1.29, 1.82) is 0 Å². The van der Waals surface area contributed by atoms with Gasteiger partial charge in [-0.2, -0.15) is 5.10 Å². The van der Waals surface area contributed by atoms with Crippen molar-refractivity contribution < 1.29 is 13.6 Å². The Morgan fingerprint density at radius 1 is 0.917 bits per heavy atom. The van der Waals surface area contributed by atoms with Crippen LogP contribution in [0.4, 0.5) is 14.5 Å². The molecule has 0 aliphatic carbocycles. The first-order chi connectivity index (χ1) is 17.4. The molecule has 1 saturated heterocycles. The third-order valence-electron chi connectivity index (χ3n) is 7.16. The molecule has 0 radical (unpaired) electrons. The van der Waals surface area contributed by atoms with Crippen molar-refractivity contribution in [3.05, 3.63) is 101 Å². The highest BCUT2D eigenvalue weighted by Gasteiger charge is 2.34. The van der Waals surface area contributed by atoms with E-state index in [1.807, 2.05) is 23.1 Å². The summed E-state index contributed by atoms with van der Waals surface area (Å²) in [6, 6.07) is 19.0. The van der Waals surface area contributed by atoms with Crippen LogP contribution in [0, 0.1) is 25.5 Å². The SMILES string of the molecule is Cc1ccc(C2=NN(C(=O)CN3CCN(c4ccccc4F)CC3)C(c3cccc(F)c3)C2)cc1C. The number of rotatable bonds is 5. The molecule has 0 bridgehead atoms. The summed E-state index contributed by atoms with van der Waals surface area (Å²) < 4.78 is 28.2. The topological polar surface area (TPSA) is 39.2 Å². The molecule has 1 atom stereocenters. The predicted molar refractivity (Wildman–Crippen MR) is 138 cm³/mol. The summed E-state index contributed by atoms with van der Waals surface area (Å²) in [5, 5.41) is 6.28. The molecule has 5 nitrogen and oxygen atoms in total. The first-order valence-corrected chi connectivity index (χ1v) is 12.3.